The number of benzene rings is 3. The summed E-state index contributed by atoms with van der Waals surface area (Å²) in [5.41, 5.74) is 3.92. The lowest BCUT2D eigenvalue weighted by atomic mass is 9.65. The first-order chi connectivity index (χ1) is 17.6. The van der Waals surface area contributed by atoms with Crippen molar-refractivity contribution in [2.75, 3.05) is 27.6 Å². The number of phenols is 1. The van der Waals surface area contributed by atoms with E-state index in [0.29, 0.717) is 24.7 Å². The predicted molar refractivity (Wildman–Crippen MR) is 130 cm³/mol. The Labute approximate surface area is 208 Å². The van der Waals surface area contributed by atoms with Crippen molar-refractivity contribution >= 4 is 5.97 Å². The molecule has 0 radical (unpaired) electrons. The van der Waals surface area contributed by atoms with E-state index < -0.39 is 5.92 Å². The first-order valence-electron chi connectivity index (χ1n) is 11.9. The third-order valence-electron chi connectivity index (χ3n) is 7.42. The fourth-order valence-corrected chi connectivity index (χ4v) is 5.74. The zero-order valence-electron chi connectivity index (χ0n) is 20.0. The summed E-state index contributed by atoms with van der Waals surface area (Å²) in [5, 5.41) is 14.2. The lowest BCUT2D eigenvalue weighted by molar-refractivity contribution is -0.141. The van der Waals surface area contributed by atoms with Gasteiger partial charge in [0.05, 0.1) is 26.7 Å². The molecule has 3 aliphatic rings. The van der Waals surface area contributed by atoms with E-state index >= 15 is 0 Å². The van der Waals surface area contributed by atoms with Gasteiger partial charge in [0.2, 0.25) is 12.5 Å². The molecule has 2 heterocycles. The van der Waals surface area contributed by atoms with Gasteiger partial charge in [-0.2, -0.15) is 0 Å². The molecular formula is C28H27NO7. The van der Waals surface area contributed by atoms with Gasteiger partial charge >= 0.3 is 5.97 Å². The molecule has 0 bridgehead atoms. The van der Waals surface area contributed by atoms with Crippen LogP contribution in [0.2, 0.25) is 0 Å². The standard InChI is InChI=1S/C28H27NO7/c1-32-22-8-16(9-23(33-2)27(22)30)24-17-10-20-21(36-14-35-20)11-18(17)26(19-13-34-28(31)25(19)24)29-12-15-6-4-3-5-7-15/h3-11,19,24-26,29-30H,12-14H2,1-2H3/t19-,24+,25-,26+/m0/s1. The molecule has 36 heavy (non-hydrogen) atoms. The Bertz CT molecular complexity index is 1280. The molecule has 0 spiro atoms. The van der Waals surface area contributed by atoms with Crippen LogP contribution in [0.4, 0.5) is 0 Å². The van der Waals surface area contributed by atoms with E-state index in [2.05, 4.69) is 17.4 Å². The largest absolute Gasteiger partial charge is 0.502 e. The Balaban J connectivity index is 1.50. The summed E-state index contributed by atoms with van der Waals surface area (Å²) in [6.07, 6.45) is 0. The van der Waals surface area contributed by atoms with Gasteiger partial charge in [0.25, 0.3) is 0 Å². The number of hydrogen-bond donors (Lipinski definition) is 2. The van der Waals surface area contributed by atoms with Crippen molar-refractivity contribution in [3.05, 3.63) is 76.9 Å². The van der Waals surface area contributed by atoms with Crippen molar-refractivity contribution < 1.29 is 33.6 Å². The lowest BCUT2D eigenvalue weighted by Crippen LogP contribution is -2.40. The number of hydrogen-bond acceptors (Lipinski definition) is 8. The van der Waals surface area contributed by atoms with E-state index in [1.54, 1.807) is 12.1 Å². The fourth-order valence-electron chi connectivity index (χ4n) is 5.74. The topological polar surface area (TPSA) is 95.5 Å². The number of ether oxygens (including phenoxy) is 5. The van der Waals surface area contributed by atoms with Gasteiger partial charge in [-0.05, 0) is 46.5 Å². The minimum Gasteiger partial charge on any atom is -0.502 e. The van der Waals surface area contributed by atoms with Crippen LogP contribution in [0.25, 0.3) is 0 Å². The highest BCUT2D eigenvalue weighted by Gasteiger charge is 2.52. The van der Waals surface area contributed by atoms with Crippen LogP contribution in [0.15, 0.2) is 54.6 Å². The lowest BCUT2D eigenvalue weighted by Gasteiger charge is -2.39. The summed E-state index contributed by atoms with van der Waals surface area (Å²) in [6.45, 7) is 1.11. The highest BCUT2D eigenvalue weighted by atomic mass is 16.7. The molecule has 0 unspecified atom stereocenters. The number of esters is 1. The number of cyclic esters (lactones) is 1. The maximum Gasteiger partial charge on any atom is 0.310 e. The quantitative estimate of drug-likeness (QED) is 0.504. The Kier molecular flexibility index (Phi) is 5.60. The zero-order valence-corrected chi connectivity index (χ0v) is 20.0. The molecule has 3 aromatic carbocycles. The highest BCUT2D eigenvalue weighted by Crippen LogP contribution is 2.55. The molecule has 2 aliphatic heterocycles. The monoisotopic (exact) mass is 489 g/mol. The number of phenolic OH excluding ortho intramolecular Hbond substituents is 1. The third kappa shape index (κ3) is 3.60. The fraction of sp³-hybridized carbons (Fsp3) is 0.321. The van der Waals surface area contributed by atoms with Gasteiger partial charge in [0.15, 0.2) is 23.0 Å². The molecule has 4 atom stereocenters. The minimum absolute atomic E-state index is 0.0848. The Hall–Kier alpha value is -3.91. The number of nitrogens with one attached hydrogen (secondary N) is 1. The molecule has 6 rings (SSSR count). The molecule has 8 heteroatoms. The van der Waals surface area contributed by atoms with Crippen molar-refractivity contribution in [2.45, 2.75) is 18.5 Å². The zero-order chi connectivity index (χ0) is 24.8. The second kappa shape index (κ2) is 8.95. The van der Waals surface area contributed by atoms with Crippen molar-refractivity contribution in [1.82, 2.24) is 5.32 Å². The van der Waals surface area contributed by atoms with E-state index in [1.807, 2.05) is 30.3 Å². The van der Waals surface area contributed by atoms with E-state index in [9.17, 15) is 9.90 Å². The van der Waals surface area contributed by atoms with Crippen molar-refractivity contribution in [3.8, 4) is 28.7 Å². The van der Waals surface area contributed by atoms with E-state index in [0.717, 1.165) is 22.3 Å². The number of fused-ring (bicyclic) bond motifs is 3. The maximum absolute atomic E-state index is 13.2. The smallest absolute Gasteiger partial charge is 0.310 e. The number of aromatic hydroxyl groups is 1. The Morgan fingerprint density at radius 3 is 2.28 bits per heavy atom. The molecule has 186 valence electrons. The van der Waals surface area contributed by atoms with Gasteiger partial charge in [-0.3, -0.25) is 4.79 Å². The first-order valence-corrected chi connectivity index (χ1v) is 11.9. The molecule has 8 nitrogen and oxygen atoms in total. The molecule has 3 aromatic rings. The van der Waals surface area contributed by atoms with Crippen LogP contribution in [-0.2, 0) is 16.1 Å². The van der Waals surface area contributed by atoms with Crippen LogP contribution in [0, 0.1) is 11.8 Å². The molecule has 0 aromatic heterocycles. The number of carbonyl (C=O) groups excluding carboxylic acids is 1. The minimum atomic E-state index is -0.440. The summed E-state index contributed by atoms with van der Waals surface area (Å²) >= 11 is 0. The molecule has 1 saturated heterocycles. The third-order valence-corrected chi connectivity index (χ3v) is 7.42. The van der Waals surface area contributed by atoms with Crippen molar-refractivity contribution in [2.24, 2.45) is 11.8 Å². The van der Waals surface area contributed by atoms with Crippen LogP contribution in [0.3, 0.4) is 0 Å². The van der Waals surface area contributed by atoms with Crippen LogP contribution in [0.5, 0.6) is 28.7 Å². The molecular weight excluding hydrogens is 462 g/mol. The van der Waals surface area contributed by atoms with Crippen LogP contribution in [-0.4, -0.2) is 38.7 Å². The average Bonchev–Trinajstić information content (AvgIpc) is 3.52. The Morgan fingerprint density at radius 2 is 1.61 bits per heavy atom. The summed E-state index contributed by atoms with van der Waals surface area (Å²) in [5.74, 6) is 0.649. The summed E-state index contributed by atoms with van der Waals surface area (Å²) in [4.78, 5) is 13.2. The van der Waals surface area contributed by atoms with E-state index in [-0.39, 0.29) is 47.9 Å². The highest BCUT2D eigenvalue weighted by molar-refractivity contribution is 5.79. The van der Waals surface area contributed by atoms with Gasteiger partial charge in [0, 0.05) is 24.4 Å². The number of methoxy groups -OCH3 is 2. The molecule has 0 amide bonds. The normalized spacial score (nSPS) is 23.6. The second-order valence-electron chi connectivity index (χ2n) is 9.25. The van der Waals surface area contributed by atoms with Crippen LogP contribution in [0.1, 0.15) is 34.2 Å². The second-order valence-corrected chi connectivity index (χ2v) is 9.25. The van der Waals surface area contributed by atoms with Gasteiger partial charge in [0.1, 0.15) is 0 Å². The van der Waals surface area contributed by atoms with Crippen molar-refractivity contribution in [1.29, 1.82) is 0 Å². The van der Waals surface area contributed by atoms with Gasteiger partial charge in [-0.25, -0.2) is 0 Å². The average molecular weight is 490 g/mol. The molecule has 1 fully saturated rings. The predicted octanol–water partition coefficient (Wildman–Crippen LogP) is 3.90. The Morgan fingerprint density at radius 1 is 0.944 bits per heavy atom. The SMILES string of the molecule is COc1cc([C@@H]2c3cc4c(cc3[C@@H](NCc3ccccc3)[C@H]3COC(=O)[C@H]23)OCO4)cc(OC)c1O. The number of rotatable bonds is 6. The van der Waals surface area contributed by atoms with Gasteiger partial charge in [-0.15, -0.1) is 0 Å². The maximum atomic E-state index is 13.2. The summed E-state index contributed by atoms with van der Waals surface area (Å²) in [6, 6.07) is 17.5. The van der Waals surface area contributed by atoms with Gasteiger partial charge in [-0.1, -0.05) is 30.3 Å². The first kappa shape index (κ1) is 22.5. The van der Waals surface area contributed by atoms with Crippen LogP contribution < -0.4 is 24.3 Å². The van der Waals surface area contributed by atoms with Crippen molar-refractivity contribution in [3.63, 3.8) is 0 Å². The van der Waals surface area contributed by atoms with Gasteiger partial charge < -0.3 is 34.1 Å². The molecule has 2 N–H and O–H groups in total. The summed E-state index contributed by atoms with van der Waals surface area (Å²) < 4.78 is 27.9. The molecule has 1 aliphatic carbocycles. The van der Waals surface area contributed by atoms with E-state index in [4.69, 9.17) is 23.7 Å². The molecule has 0 saturated carbocycles. The van der Waals surface area contributed by atoms with E-state index in [1.165, 1.54) is 14.2 Å². The van der Waals surface area contributed by atoms with Crippen LogP contribution >= 0.6 is 0 Å². The summed E-state index contributed by atoms with van der Waals surface area (Å²) in [7, 11) is 2.97. The number of carbonyl (C=O) groups is 1.